The maximum absolute atomic E-state index is 13.6. The number of nitrogen functional groups attached to an aromatic ring is 1. The van der Waals surface area contributed by atoms with Gasteiger partial charge in [0.15, 0.2) is 5.65 Å². The number of para-hydroxylation sites is 1. The zero-order chi connectivity index (χ0) is 24.2. The minimum atomic E-state index is -0.0425. The molecule has 4 N–H and O–H groups in total. The quantitative estimate of drug-likeness (QED) is 0.321. The summed E-state index contributed by atoms with van der Waals surface area (Å²) in [5, 5.41) is 11.2. The molecule has 0 spiro atoms. The molecule has 0 radical (unpaired) electrons. The highest BCUT2D eigenvalue weighted by Gasteiger charge is 2.29. The number of rotatable bonds is 8. The van der Waals surface area contributed by atoms with Gasteiger partial charge in [-0.25, -0.2) is 0 Å². The lowest BCUT2D eigenvalue weighted by molar-refractivity contribution is 0.0984. The first kappa shape index (κ1) is 22.8. The van der Waals surface area contributed by atoms with Crippen LogP contribution in [-0.2, 0) is 12.8 Å². The summed E-state index contributed by atoms with van der Waals surface area (Å²) >= 11 is 0. The Kier molecular flexibility index (Phi) is 6.61. The van der Waals surface area contributed by atoms with Gasteiger partial charge >= 0.3 is 0 Å². The Labute approximate surface area is 205 Å². The molecule has 0 fully saturated rings. The van der Waals surface area contributed by atoms with Crippen molar-refractivity contribution in [3.63, 3.8) is 0 Å². The van der Waals surface area contributed by atoms with Crippen molar-refractivity contribution in [2.45, 2.75) is 51.5 Å². The van der Waals surface area contributed by atoms with Gasteiger partial charge in [-0.1, -0.05) is 56.5 Å². The van der Waals surface area contributed by atoms with Crippen molar-refractivity contribution < 1.29 is 4.79 Å². The second kappa shape index (κ2) is 10.1. The molecule has 3 heterocycles. The van der Waals surface area contributed by atoms with Gasteiger partial charge in [0.2, 0.25) is 5.95 Å². The molecule has 0 bridgehead atoms. The van der Waals surface area contributed by atoms with Crippen LogP contribution in [0.25, 0.3) is 11.0 Å². The monoisotopic (exact) mass is 469 g/mol. The summed E-state index contributed by atoms with van der Waals surface area (Å²) in [6, 6.07) is 16.1. The van der Waals surface area contributed by atoms with E-state index in [0.717, 1.165) is 29.5 Å². The van der Waals surface area contributed by atoms with Crippen LogP contribution in [0, 0.1) is 0 Å². The molecule has 1 unspecified atom stereocenters. The first-order valence-electron chi connectivity index (χ1n) is 12.3. The number of carbonyl (C=O) groups excluding carboxylic acids is 1. The van der Waals surface area contributed by atoms with E-state index in [1.54, 1.807) is 6.20 Å². The maximum atomic E-state index is 13.6. The number of unbranched alkanes of at least 4 members (excludes halogenated alkanes) is 3. The molecule has 1 aliphatic rings. The number of carbonyl (C=O) groups is 1. The molecule has 35 heavy (non-hydrogen) atoms. The number of benzene rings is 2. The number of nitrogens with one attached hydrogen (secondary N) is 2. The first-order valence-corrected chi connectivity index (χ1v) is 12.3. The van der Waals surface area contributed by atoms with Crippen molar-refractivity contribution >= 4 is 34.4 Å². The lowest BCUT2D eigenvalue weighted by atomic mass is 9.96. The fourth-order valence-corrected chi connectivity index (χ4v) is 4.77. The van der Waals surface area contributed by atoms with E-state index in [-0.39, 0.29) is 17.9 Å². The standard InChI is InChI=1S/C27H31N7O/c1-2-3-4-5-8-18-11-13-19(14-12-18)26(35)34-17-21(15-20-9-6-7-10-23(20)34)30-24-22-16-29-33-25(22)32-27(28)31-24/h6-7,9-14,16,21H,2-5,8,15,17H2,1H3,(H4,28,29,30,31,32,33). The Bertz CT molecular complexity index is 1310. The molecule has 0 saturated heterocycles. The van der Waals surface area contributed by atoms with Gasteiger partial charge in [0, 0.05) is 23.8 Å². The third kappa shape index (κ3) is 4.96. The van der Waals surface area contributed by atoms with Crippen LogP contribution in [0.5, 0.6) is 0 Å². The van der Waals surface area contributed by atoms with E-state index in [1.165, 1.54) is 31.2 Å². The van der Waals surface area contributed by atoms with Gasteiger partial charge in [-0.3, -0.25) is 9.89 Å². The molecule has 4 aromatic rings. The highest BCUT2D eigenvalue weighted by Crippen LogP contribution is 2.30. The minimum absolute atomic E-state index is 0.00265. The van der Waals surface area contributed by atoms with Gasteiger partial charge in [0.1, 0.15) is 5.82 Å². The molecular formula is C27H31N7O. The van der Waals surface area contributed by atoms with E-state index in [2.05, 4.69) is 50.6 Å². The summed E-state index contributed by atoms with van der Waals surface area (Å²) in [6.07, 6.45) is 8.44. The fraction of sp³-hybridized carbons (Fsp3) is 0.333. The Morgan fingerprint density at radius 2 is 1.94 bits per heavy atom. The van der Waals surface area contributed by atoms with Crippen molar-refractivity contribution in [3.8, 4) is 0 Å². The number of aromatic nitrogens is 4. The van der Waals surface area contributed by atoms with Crippen molar-refractivity contribution in [3.05, 3.63) is 71.4 Å². The maximum Gasteiger partial charge on any atom is 0.258 e. The van der Waals surface area contributed by atoms with Gasteiger partial charge < -0.3 is 16.0 Å². The van der Waals surface area contributed by atoms with Crippen LogP contribution >= 0.6 is 0 Å². The Hall–Kier alpha value is -3.94. The number of hydrogen-bond acceptors (Lipinski definition) is 6. The zero-order valence-corrected chi connectivity index (χ0v) is 20.0. The number of nitrogens with two attached hydrogens (primary N) is 1. The van der Waals surface area contributed by atoms with Crippen molar-refractivity contribution in [2.75, 3.05) is 22.5 Å². The summed E-state index contributed by atoms with van der Waals surface area (Å²) < 4.78 is 0. The summed E-state index contributed by atoms with van der Waals surface area (Å²) in [4.78, 5) is 24.1. The van der Waals surface area contributed by atoms with E-state index in [1.807, 2.05) is 35.2 Å². The number of amides is 1. The van der Waals surface area contributed by atoms with Crippen LogP contribution in [-0.4, -0.2) is 38.7 Å². The van der Waals surface area contributed by atoms with E-state index >= 15 is 0 Å². The number of hydrogen-bond donors (Lipinski definition) is 3. The van der Waals surface area contributed by atoms with Gasteiger partial charge in [0.05, 0.1) is 11.6 Å². The van der Waals surface area contributed by atoms with Crippen LogP contribution in [0.4, 0.5) is 17.5 Å². The molecule has 0 saturated carbocycles. The normalized spacial score (nSPS) is 15.2. The number of aryl methyl sites for hydroxylation is 1. The summed E-state index contributed by atoms with van der Waals surface area (Å²) in [5.74, 6) is 0.783. The molecule has 2 aromatic heterocycles. The lowest BCUT2D eigenvalue weighted by Gasteiger charge is -2.35. The van der Waals surface area contributed by atoms with E-state index < -0.39 is 0 Å². The largest absolute Gasteiger partial charge is 0.368 e. The fourth-order valence-electron chi connectivity index (χ4n) is 4.77. The molecule has 1 amide bonds. The third-order valence-electron chi connectivity index (χ3n) is 6.58. The molecule has 5 rings (SSSR count). The van der Waals surface area contributed by atoms with E-state index in [9.17, 15) is 4.79 Å². The molecule has 180 valence electrons. The highest BCUT2D eigenvalue weighted by molar-refractivity contribution is 6.07. The summed E-state index contributed by atoms with van der Waals surface area (Å²) in [6.45, 7) is 2.73. The Morgan fingerprint density at radius 3 is 2.77 bits per heavy atom. The molecular weight excluding hydrogens is 438 g/mol. The van der Waals surface area contributed by atoms with Crippen LogP contribution < -0.4 is 16.0 Å². The van der Waals surface area contributed by atoms with Crippen LogP contribution in [0.2, 0.25) is 0 Å². The smallest absolute Gasteiger partial charge is 0.258 e. The van der Waals surface area contributed by atoms with Crippen LogP contribution in [0.15, 0.2) is 54.7 Å². The van der Waals surface area contributed by atoms with Gasteiger partial charge in [-0.05, 0) is 48.6 Å². The first-order chi connectivity index (χ1) is 17.1. The Balaban J connectivity index is 1.36. The zero-order valence-electron chi connectivity index (χ0n) is 20.0. The van der Waals surface area contributed by atoms with Crippen molar-refractivity contribution in [1.29, 1.82) is 0 Å². The number of nitrogens with zero attached hydrogens (tertiary/aromatic N) is 4. The molecule has 0 aliphatic carbocycles. The van der Waals surface area contributed by atoms with Gasteiger partial charge in [-0.2, -0.15) is 15.1 Å². The molecule has 1 aliphatic heterocycles. The second-order valence-corrected chi connectivity index (χ2v) is 9.16. The topological polar surface area (TPSA) is 113 Å². The van der Waals surface area contributed by atoms with E-state index in [4.69, 9.17) is 5.73 Å². The molecule has 2 aromatic carbocycles. The molecule has 1 atom stereocenters. The third-order valence-corrected chi connectivity index (χ3v) is 6.58. The number of H-pyrrole nitrogens is 1. The van der Waals surface area contributed by atoms with Crippen LogP contribution in [0.3, 0.4) is 0 Å². The molecule has 8 heteroatoms. The Morgan fingerprint density at radius 1 is 1.11 bits per heavy atom. The predicted molar refractivity (Wildman–Crippen MR) is 140 cm³/mol. The second-order valence-electron chi connectivity index (χ2n) is 9.16. The predicted octanol–water partition coefficient (Wildman–Crippen LogP) is 4.74. The van der Waals surface area contributed by atoms with Gasteiger partial charge in [-0.15, -0.1) is 0 Å². The number of anilines is 3. The highest BCUT2D eigenvalue weighted by atomic mass is 16.2. The average Bonchev–Trinajstić information content (AvgIpc) is 3.35. The van der Waals surface area contributed by atoms with Crippen LogP contribution in [0.1, 0.15) is 54.1 Å². The minimum Gasteiger partial charge on any atom is -0.368 e. The lowest BCUT2D eigenvalue weighted by Crippen LogP contribution is -2.45. The summed E-state index contributed by atoms with van der Waals surface area (Å²) in [7, 11) is 0. The van der Waals surface area contributed by atoms with Crippen molar-refractivity contribution in [1.82, 2.24) is 20.2 Å². The SMILES string of the molecule is CCCCCCc1ccc(C(=O)N2CC(Nc3nc(N)nc4[nH]ncc34)Cc3ccccc32)cc1. The number of aromatic amines is 1. The number of fused-ring (bicyclic) bond motifs is 2. The van der Waals surface area contributed by atoms with Crippen molar-refractivity contribution in [2.24, 2.45) is 0 Å². The molecule has 8 nitrogen and oxygen atoms in total. The van der Waals surface area contributed by atoms with E-state index in [0.29, 0.717) is 23.6 Å². The van der Waals surface area contributed by atoms with Gasteiger partial charge in [0.25, 0.3) is 5.91 Å². The average molecular weight is 470 g/mol. The summed E-state index contributed by atoms with van der Waals surface area (Å²) in [5.41, 5.74) is 10.5.